The summed E-state index contributed by atoms with van der Waals surface area (Å²) in [6.45, 7) is 4.48. The molecule has 0 spiro atoms. The first-order chi connectivity index (χ1) is 9.15. The zero-order chi connectivity index (χ0) is 14.1. The minimum atomic E-state index is 0.0227. The maximum Gasteiger partial charge on any atom is 0.133 e. The number of hydrogen-bond acceptors (Lipinski definition) is 4. The summed E-state index contributed by atoms with van der Waals surface area (Å²) >= 11 is 3.48. The smallest absolute Gasteiger partial charge is 0.133 e. The highest BCUT2D eigenvalue weighted by Crippen LogP contribution is 2.27. The third-order valence-electron chi connectivity index (χ3n) is 2.60. The molecule has 0 aromatic heterocycles. The van der Waals surface area contributed by atoms with Crippen molar-refractivity contribution in [2.45, 2.75) is 19.4 Å². The van der Waals surface area contributed by atoms with Gasteiger partial charge in [-0.25, -0.2) is 0 Å². The van der Waals surface area contributed by atoms with E-state index in [2.05, 4.69) is 15.9 Å². The second-order valence-electron chi connectivity index (χ2n) is 4.29. The highest BCUT2D eigenvalue weighted by Gasteiger charge is 2.05. The maximum atomic E-state index is 5.82. The van der Waals surface area contributed by atoms with E-state index in [0.29, 0.717) is 19.8 Å². The van der Waals surface area contributed by atoms with Crippen LogP contribution in [0.25, 0.3) is 0 Å². The number of nitrogens with two attached hydrogens (primary N) is 1. The molecule has 1 rings (SSSR count). The van der Waals surface area contributed by atoms with Gasteiger partial charge in [-0.15, -0.1) is 0 Å². The van der Waals surface area contributed by atoms with E-state index >= 15 is 0 Å². The van der Waals surface area contributed by atoms with Crippen LogP contribution in [0.3, 0.4) is 0 Å². The first-order valence-electron chi connectivity index (χ1n) is 6.39. The lowest BCUT2D eigenvalue weighted by molar-refractivity contribution is 0.0805. The van der Waals surface area contributed by atoms with Crippen LogP contribution >= 0.6 is 15.9 Å². The van der Waals surface area contributed by atoms with E-state index < -0.39 is 0 Å². The molecule has 0 fully saturated rings. The zero-order valence-electron chi connectivity index (χ0n) is 11.5. The molecular formula is C14H22BrNO3. The van der Waals surface area contributed by atoms with Crippen LogP contribution in [0.2, 0.25) is 0 Å². The molecule has 19 heavy (non-hydrogen) atoms. The molecule has 0 bridgehead atoms. The number of rotatable bonds is 9. The zero-order valence-corrected chi connectivity index (χ0v) is 13.1. The topological polar surface area (TPSA) is 53.7 Å². The van der Waals surface area contributed by atoms with Crippen molar-refractivity contribution < 1.29 is 14.2 Å². The largest absolute Gasteiger partial charge is 0.490 e. The summed E-state index contributed by atoms with van der Waals surface area (Å²) in [5.74, 6) is 0.810. The van der Waals surface area contributed by atoms with Crippen molar-refractivity contribution in [3.05, 3.63) is 28.2 Å². The van der Waals surface area contributed by atoms with Gasteiger partial charge in [0, 0.05) is 26.4 Å². The van der Waals surface area contributed by atoms with Crippen LogP contribution in [0, 0.1) is 0 Å². The summed E-state index contributed by atoms with van der Waals surface area (Å²) < 4.78 is 16.9. The Morgan fingerprint density at radius 2 is 2.00 bits per heavy atom. The lowest BCUT2D eigenvalue weighted by Crippen LogP contribution is -2.09. The monoisotopic (exact) mass is 331 g/mol. The molecule has 1 aromatic carbocycles. The Balaban J connectivity index is 2.26. The van der Waals surface area contributed by atoms with E-state index in [1.807, 2.05) is 25.1 Å². The van der Waals surface area contributed by atoms with Gasteiger partial charge >= 0.3 is 0 Å². The Bertz CT molecular complexity index is 372. The van der Waals surface area contributed by atoms with Crippen LogP contribution in [0.1, 0.15) is 24.9 Å². The Kier molecular flexibility index (Phi) is 8.05. The molecule has 0 aliphatic heterocycles. The van der Waals surface area contributed by atoms with Gasteiger partial charge in [0.05, 0.1) is 11.1 Å². The highest BCUT2D eigenvalue weighted by molar-refractivity contribution is 9.10. The summed E-state index contributed by atoms with van der Waals surface area (Å²) in [5, 5.41) is 0. The van der Waals surface area contributed by atoms with Crippen LogP contribution in [-0.2, 0) is 9.47 Å². The summed E-state index contributed by atoms with van der Waals surface area (Å²) in [5.41, 5.74) is 6.90. The van der Waals surface area contributed by atoms with E-state index in [9.17, 15) is 0 Å². The van der Waals surface area contributed by atoms with Crippen molar-refractivity contribution in [3.8, 4) is 5.75 Å². The molecule has 0 aliphatic carbocycles. The Hall–Kier alpha value is -0.620. The Morgan fingerprint density at radius 3 is 2.63 bits per heavy atom. The highest BCUT2D eigenvalue weighted by atomic mass is 79.9. The molecule has 0 heterocycles. The van der Waals surface area contributed by atoms with Crippen molar-refractivity contribution in [1.29, 1.82) is 0 Å². The van der Waals surface area contributed by atoms with Gasteiger partial charge in [0.25, 0.3) is 0 Å². The van der Waals surface area contributed by atoms with E-state index in [-0.39, 0.29) is 6.04 Å². The van der Waals surface area contributed by atoms with Crippen LogP contribution in [0.15, 0.2) is 22.7 Å². The number of ether oxygens (including phenoxy) is 3. The van der Waals surface area contributed by atoms with Crippen molar-refractivity contribution in [1.82, 2.24) is 0 Å². The van der Waals surface area contributed by atoms with Crippen molar-refractivity contribution in [2.24, 2.45) is 5.73 Å². The van der Waals surface area contributed by atoms with Crippen LogP contribution in [0.5, 0.6) is 5.75 Å². The molecule has 0 radical (unpaired) electrons. The Morgan fingerprint density at radius 1 is 1.21 bits per heavy atom. The summed E-state index contributed by atoms with van der Waals surface area (Å²) in [4.78, 5) is 0. The molecular weight excluding hydrogens is 310 g/mol. The molecule has 0 amide bonds. The molecule has 0 saturated carbocycles. The molecule has 1 aromatic rings. The molecule has 5 heteroatoms. The van der Waals surface area contributed by atoms with E-state index in [4.69, 9.17) is 19.9 Å². The molecule has 1 atom stereocenters. The van der Waals surface area contributed by atoms with E-state index in [0.717, 1.165) is 28.8 Å². The van der Waals surface area contributed by atoms with Crippen LogP contribution in [0.4, 0.5) is 0 Å². The fourth-order valence-electron chi connectivity index (χ4n) is 1.54. The standard InChI is InChI=1S/C14H22BrNO3/c1-11(16)12-4-5-14(13(15)10-12)19-9-8-18-7-3-6-17-2/h4-5,10-11H,3,6-9,16H2,1-2H3. The predicted molar refractivity (Wildman–Crippen MR) is 79.6 cm³/mol. The fourth-order valence-corrected chi connectivity index (χ4v) is 2.05. The van der Waals surface area contributed by atoms with Gasteiger partial charge in [-0.2, -0.15) is 0 Å². The van der Waals surface area contributed by atoms with E-state index in [1.165, 1.54) is 0 Å². The van der Waals surface area contributed by atoms with Crippen LogP contribution < -0.4 is 10.5 Å². The number of methoxy groups -OCH3 is 1. The second kappa shape index (κ2) is 9.31. The predicted octanol–water partition coefficient (Wildman–Crippen LogP) is 2.90. The van der Waals surface area contributed by atoms with Crippen molar-refractivity contribution >= 4 is 15.9 Å². The lowest BCUT2D eigenvalue weighted by atomic mass is 10.1. The molecule has 0 aliphatic rings. The summed E-state index contributed by atoms with van der Waals surface area (Å²) in [6, 6.07) is 5.91. The maximum absolute atomic E-state index is 5.82. The van der Waals surface area contributed by atoms with Crippen molar-refractivity contribution in [3.63, 3.8) is 0 Å². The second-order valence-corrected chi connectivity index (χ2v) is 5.14. The number of benzene rings is 1. The van der Waals surface area contributed by atoms with Gasteiger partial charge in [0.2, 0.25) is 0 Å². The van der Waals surface area contributed by atoms with Gasteiger partial charge in [-0.1, -0.05) is 6.07 Å². The molecule has 4 nitrogen and oxygen atoms in total. The molecule has 0 saturated heterocycles. The minimum Gasteiger partial charge on any atom is -0.490 e. The van der Waals surface area contributed by atoms with Gasteiger partial charge in [0.15, 0.2) is 0 Å². The average Bonchev–Trinajstić information content (AvgIpc) is 2.39. The van der Waals surface area contributed by atoms with Gasteiger partial charge < -0.3 is 19.9 Å². The number of halogens is 1. The molecule has 1 unspecified atom stereocenters. The summed E-state index contributed by atoms with van der Waals surface area (Å²) in [6.07, 6.45) is 0.906. The number of hydrogen-bond donors (Lipinski definition) is 1. The SMILES string of the molecule is COCCCOCCOc1ccc(C(C)N)cc1Br. The first-order valence-corrected chi connectivity index (χ1v) is 7.19. The minimum absolute atomic E-state index is 0.0227. The van der Waals surface area contributed by atoms with E-state index in [1.54, 1.807) is 7.11 Å². The Labute approximate surface area is 123 Å². The van der Waals surface area contributed by atoms with Gasteiger partial charge in [-0.3, -0.25) is 0 Å². The third-order valence-corrected chi connectivity index (χ3v) is 3.22. The molecule has 2 N–H and O–H groups in total. The van der Waals surface area contributed by atoms with Gasteiger partial charge in [0.1, 0.15) is 12.4 Å². The lowest BCUT2D eigenvalue weighted by Gasteiger charge is -2.11. The first kappa shape index (κ1) is 16.4. The van der Waals surface area contributed by atoms with Gasteiger partial charge in [-0.05, 0) is 47.0 Å². The normalized spacial score (nSPS) is 12.4. The molecule has 108 valence electrons. The van der Waals surface area contributed by atoms with Crippen molar-refractivity contribution in [2.75, 3.05) is 33.5 Å². The average molecular weight is 332 g/mol. The quantitative estimate of drug-likeness (QED) is 0.707. The summed E-state index contributed by atoms with van der Waals surface area (Å²) in [7, 11) is 1.69. The van der Waals surface area contributed by atoms with Crippen LogP contribution in [-0.4, -0.2) is 33.5 Å². The third kappa shape index (κ3) is 6.38. The fraction of sp³-hybridized carbons (Fsp3) is 0.571.